The van der Waals surface area contributed by atoms with Crippen LogP contribution in [0.3, 0.4) is 0 Å². The second-order valence-corrected chi connectivity index (χ2v) is 4.79. The molecule has 1 rings (SSSR count). The van der Waals surface area contributed by atoms with Crippen LogP contribution in [0.25, 0.3) is 0 Å². The fourth-order valence-electron chi connectivity index (χ4n) is 2.43. The summed E-state index contributed by atoms with van der Waals surface area (Å²) in [6.45, 7) is 5.82. The van der Waals surface area contributed by atoms with Crippen molar-refractivity contribution in [2.75, 3.05) is 0 Å². The molecule has 0 aliphatic rings. The van der Waals surface area contributed by atoms with E-state index in [1.165, 1.54) is 0 Å². The molecule has 1 atom stereocenters. The van der Waals surface area contributed by atoms with E-state index in [-0.39, 0.29) is 5.92 Å². The topological polar surface area (TPSA) is 47.6 Å². The number of nitrogens with zero attached hydrogens (tertiary/aromatic N) is 2. The molecule has 1 unspecified atom stereocenters. The Morgan fingerprint density at radius 1 is 1.26 bits per heavy atom. The average Bonchev–Trinajstić information content (AvgIpc) is 2.47. The molecule has 0 aliphatic carbocycles. The van der Waals surface area contributed by atoms with Crippen molar-refractivity contribution < 1.29 is 0 Å². The Kier molecular flexibility index (Phi) is 5.83. The van der Waals surface area contributed by atoms with Crippen LogP contribution in [0.2, 0.25) is 0 Å². The van der Waals surface area contributed by atoms with Gasteiger partial charge >= 0.3 is 0 Å². The van der Waals surface area contributed by atoms with Gasteiger partial charge in [0.15, 0.2) is 5.41 Å². The second-order valence-electron chi connectivity index (χ2n) is 4.79. The SMILES string of the molecule is C=CCC(C#N)(C#N)C(CCCC)c1ccccc1. The first-order valence-corrected chi connectivity index (χ1v) is 6.72. The Balaban J connectivity index is 3.19. The Labute approximate surface area is 116 Å². The lowest BCUT2D eigenvalue weighted by Gasteiger charge is -2.28. The zero-order valence-electron chi connectivity index (χ0n) is 11.5. The Bertz CT molecular complexity index is 462. The lowest BCUT2D eigenvalue weighted by Crippen LogP contribution is -2.25. The van der Waals surface area contributed by atoms with Crippen LogP contribution in [-0.2, 0) is 0 Å². The van der Waals surface area contributed by atoms with Crippen molar-refractivity contribution in [3.05, 3.63) is 48.6 Å². The predicted octanol–water partition coefficient (Wildman–Crippen LogP) is 4.57. The average molecular weight is 252 g/mol. The zero-order valence-corrected chi connectivity index (χ0v) is 11.5. The molecule has 98 valence electrons. The van der Waals surface area contributed by atoms with Gasteiger partial charge < -0.3 is 0 Å². The van der Waals surface area contributed by atoms with E-state index in [0.29, 0.717) is 6.42 Å². The van der Waals surface area contributed by atoms with Crippen molar-refractivity contribution in [1.82, 2.24) is 0 Å². The molecule has 0 saturated carbocycles. The lowest BCUT2D eigenvalue weighted by molar-refractivity contribution is 0.382. The molecule has 0 aromatic heterocycles. The quantitative estimate of drug-likeness (QED) is 0.667. The molecule has 2 heteroatoms. The molecular formula is C17H20N2. The summed E-state index contributed by atoms with van der Waals surface area (Å²) in [6.07, 6.45) is 5.01. The highest BCUT2D eigenvalue weighted by molar-refractivity contribution is 5.31. The van der Waals surface area contributed by atoms with E-state index in [2.05, 4.69) is 25.6 Å². The molecule has 0 aliphatic heterocycles. The molecule has 1 aromatic rings. The minimum Gasteiger partial charge on any atom is -0.197 e. The van der Waals surface area contributed by atoms with Crippen LogP contribution in [0.4, 0.5) is 0 Å². The first kappa shape index (κ1) is 15.0. The van der Waals surface area contributed by atoms with Crippen molar-refractivity contribution in [3.63, 3.8) is 0 Å². The standard InChI is InChI=1S/C17H20N2/c1-3-5-11-16(15-9-7-6-8-10-15)17(13-18,14-19)12-4-2/h4,6-10,16H,2-3,5,11-12H2,1H3. The van der Waals surface area contributed by atoms with Crippen LogP contribution in [0.15, 0.2) is 43.0 Å². The van der Waals surface area contributed by atoms with Crippen molar-refractivity contribution in [2.45, 2.75) is 38.5 Å². The molecule has 0 saturated heterocycles. The van der Waals surface area contributed by atoms with E-state index in [1.54, 1.807) is 6.08 Å². The van der Waals surface area contributed by atoms with Crippen LogP contribution in [0, 0.1) is 28.1 Å². The minimum atomic E-state index is -1.00. The number of allylic oxidation sites excluding steroid dienone is 1. The van der Waals surface area contributed by atoms with Crippen LogP contribution in [0.5, 0.6) is 0 Å². The molecule has 0 fully saturated rings. The zero-order chi connectivity index (χ0) is 14.1. The van der Waals surface area contributed by atoms with Gasteiger partial charge in [0.1, 0.15) is 0 Å². The smallest absolute Gasteiger partial charge is 0.154 e. The lowest BCUT2D eigenvalue weighted by atomic mass is 9.70. The first-order chi connectivity index (χ1) is 9.24. The van der Waals surface area contributed by atoms with Crippen LogP contribution in [-0.4, -0.2) is 0 Å². The van der Waals surface area contributed by atoms with Gasteiger partial charge in [-0.2, -0.15) is 10.5 Å². The minimum absolute atomic E-state index is 0.0540. The van der Waals surface area contributed by atoms with Gasteiger partial charge in [-0.1, -0.05) is 56.2 Å². The van der Waals surface area contributed by atoms with Crippen molar-refractivity contribution in [2.24, 2.45) is 5.41 Å². The Hall–Kier alpha value is -2.06. The number of benzene rings is 1. The van der Waals surface area contributed by atoms with Crippen LogP contribution in [0.1, 0.15) is 44.1 Å². The summed E-state index contributed by atoms with van der Waals surface area (Å²) in [7, 11) is 0. The third-order valence-corrected chi connectivity index (χ3v) is 3.51. The normalized spacial score (nSPS) is 12.2. The third kappa shape index (κ3) is 3.46. The summed E-state index contributed by atoms with van der Waals surface area (Å²) in [6, 6.07) is 14.4. The van der Waals surface area contributed by atoms with E-state index < -0.39 is 5.41 Å². The van der Waals surface area contributed by atoms with Gasteiger partial charge in [0.05, 0.1) is 12.1 Å². The summed E-state index contributed by atoms with van der Waals surface area (Å²) in [5, 5.41) is 19.0. The van der Waals surface area contributed by atoms with E-state index in [4.69, 9.17) is 0 Å². The predicted molar refractivity (Wildman–Crippen MR) is 77.2 cm³/mol. The van der Waals surface area contributed by atoms with Gasteiger partial charge in [-0.3, -0.25) is 0 Å². The first-order valence-electron chi connectivity index (χ1n) is 6.72. The van der Waals surface area contributed by atoms with E-state index in [9.17, 15) is 10.5 Å². The number of hydrogen-bond acceptors (Lipinski definition) is 2. The molecule has 1 aromatic carbocycles. The van der Waals surface area contributed by atoms with Gasteiger partial charge in [-0.25, -0.2) is 0 Å². The Morgan fingerprint density at radius 3 is 2.37 bits per heavy atom. The van der Waals surface area contributed by atoms with Crippen molar-refractivity contribution in [1.29, 1.82) is 10.5 Å². The van der Waals surface area contributed by atoms with Crippen molar-refractivity contribution >= 4 is 0 Å². The Morgan fingerprint density at radius 2 is 1.89 bits per heavy atom. The van der Waals surface area contributed by atoms with Gasteiger partial charge in [-0.15, -0.1) is 6.58 Å². The maximum absolute atomic E-state index is 9.52. The number of hydrogen-bond donors (Lipinski definition) is 0. The van der Waals surface area contributed by atoms with E-state index in [1.807, 2.05) is 30.3 Å². The number of nitriles is 2. The van der Waals surface area contributed by atoms with Gasteiger partial charge in [0.2, 0.25) is 0 Å². The maximum Gasteiger partial charge on any atom is 0.154 e. The van der Waals surface area contributed by atoms with Crippen LogP contribution >= 0.6 is 0 Å². The largest absolute Gasteiger partial charge is 0.197 e. The molecule has 0 N–H and O–H groups in total. The summed E-state index contributed by atoms with van der Waals surface area (Å²) >= 11 is 0. The molecule has 0 spiro atoms. The van der Waals surface area contributed by atoms with Gasteiger partial charge in [0.25, 0.3) is 0 Å². The molecular weight excluding hydrogens is 232 g/mol. The highest BCUT2D eigenvalue weighted by Crippen LogP contribution is 2.41. The summed E-state index contributed by atoms with van der Waals surface area (Å²) in [4.78, 5) is 0. The van der Waals surface area contributed by atoms with Gasteiger partial charge in [0, 0.05) is 5.92 Å². The fourth-order valence-corrected chi connectivity index (χ4v) is 2.43. The number of unbranched alkanes of at least 4 members (excludes halogenated alkanes) is 1. The second kappa shape index (κ2) is 7.39. The monoisotopic (exact) mass is 252 g/mol. The van der Waals surface area contributed by atoms with E-state index in [0.717, 1.165) is 24.8 Å². The van der Waals surface area contributed by atoms with Gasteiger partial charge in [-0.05, 0) is 18.4 Å². The molecule has 2 nitrogen and oxygen atoms in total. The molecule has 0 heterocycles. The fraction of sp³-hybridized carbons (Fsp3) is 0.412. The van der Waals surface area contributed by atoms with E-state index >= 15 is 0 Å². The third-order valence-electron chi connectivity index (χ3n) is 3.51. The molecule has 0 bridgehead atoms. The molecule has 0 amide bonds. The highest BCUT2D eigenvalue weighted by atomic mass is 14.5. The highest BCUT2D eigenvalue weighted by Gasteiger charge is 2.39. The van der Waals surface area contributed by atoms with Crippen molar-refractivity contribution in [3.8, 4) is 12.1 Å². The number of rotatable bonds is 7. The summed E-state index contributed by atoms with van der Waals surface area (Å²) < 4.78 is 0. The summed E-state index contributed by atoms with van der Waals surface area (Å²) in [5.41, 5.74) is 0.0686. The summed E-state index contributed by atoms with van der Waals surface area (Å²) in [5.74, 6) is -0.0540. The molecule has 0 radical (unpaired) electrons. The molecule has 19 heavy (non-hydrogen) atoms. The maximum atomic E-state index is 9.52. The van der Waals surface area contributed by atoms with Crippen LogP contribution < -0.4 is 0 Å².